The van der Waals surface area contributed by atoms with E-state index >= 15 is 0 Å². The van der Waals surface area contributed by atoms with E-state index in [2.05, 4.69) is 4.74 Å². The molecule has 0 heterocycles. The third kappa shape index (κ3) is 4.67. The predicted octanol–water partition coefficient (Wildman–Crippen LogP) is -3.29. The summed E-state index contributed by atoms with van der Waals surface area (Å²) in [7, 11) is 0. The number of hydrogen-bond acceptors (Lipinski definition) is 8. The number of rotatable bonds is 9. The van der Waals surface area contributed by atoms with Crippen molar-refractivity contribution in [2.45, 2.75) is 43.5 Å². The van der Waals surface area contributed by atoms with E-state index in [4.69, 9.17) is 15.3 Å². The second-order valence-corrected chi connectivity index (χ2v) is 4.17. The zero-order chi connectivity index (χ0) is 16.1. The van der Waals surface area contributed by atoms with Gasteiger partial charge in [0.25, 0.3) is 0 Å². The molecule has 10 heteroatoms. The van der Waals surface area contributed by atoms with Gasteiger partial charge in [-0.15, -0.1) is 0 Å². The minimum absolute atomic E-state index is 0.924. The Morgan fingerprint density at radius 2 is 1.70 bits per heavy atom. The molecule has 0 aromatic rings. The second kappa shape index (κ2) is 7.47. The number of carboxylic acid groups (broad SMARTS) is 2. The van der Waals surface area contributed by atoms with Crippen LogP contribution in [0, 0.1) is 0 Å². The molecule has 1 unspecified atom stereocenters. The van der Waals surface area contributed by atoms with Crippen molar-refractivity contribution in [2.24, 2.45) is 0 Å². The first-order chi connectivity index (χ1) is 9.06. The van der Waals surface area contributed by atoms with Gasteiger partial charge in [-0.05, 0) is 6.92 Å². The van der Waals surface area contributed by atoms with Gasteiger partial charge in [0.05, 0.1) is 13.0 Å². The van der Waals surface area contributed by atoms with E-state index in [-0.39, 0.29) is 0 Å². The van der Waals surface area contributed by atoms with E-state index in [1.54, 1.807) is 0 Å². The minimum atomic E-state index is -2.97. The fraction of sp³-hybridized carbons (Fsp3) is 0.800. The molecule has 7 N–H and O–H groups in total. The van der Waals surface area contributed by atoms with Crippen molar-refractivity contribution in [1.82, 2.24) is 0 Å². The van der Waals surface area contributed by atoms with Gasteiger partial charge in [0.15, 0.2) is 6.10 Å². The average molecular weight is 298 g/mol. The van der Waals surface area contributed by atoms with E-state index in [0.717, 1.165) is 6.92 Å². The number of ether oxygens (including phenoxy) is 1. The van der Waals surface area contributed by atoms with Crippen LogP contribution in [0.25, 0.3) is 0 Å². The molecular weight excluding hydrogens is 280 g/mol. The van der Waals surface area contributed by atoms with Crippen molar-refractivity contribution in [2.75, 3.05) is 6.61 Å². The molecular formula is C10H18O10. The highest BCUT2D eigenvalue weighted by atomic mass is 16.7. The lowest BCUT2D eigenvalue weighted by atomic mass is 9.99. The summed E-state index contributed by atoms with van der Waals surface area (Å²) < 4.78 is 4.56. The van der Waals surface area contributed by atoms with Crippen LogP contribution in [0.5, 0.6) is 0 Å². The summed E-state index contributed by atoms with van der Waals surface area (Å²) in [6.45, 7) is -0.0801. The van der Waals surface area contributed by atoms with Gasteiger partial charge in [0.1, 0.15) is 18.3 Å². The first-order valence-corrected chi connectivity index (χ1v) is 5.56. The highest BCUT2D eigenvalue weighted by Gasteiger charge is 2.48. The van der Waals surface area contributed by atoms with Crippen LogP contribution in [-0.4, -0.2) is 84.5 Å². The molecule has 5 atom stereocenters. The molecule has 0 saturated heterocycles. The molecule has 0 amide bonds. The predicted molar refractivity (Wildman–Crippen MR) is 60.5 cm³/mol. The molecule has 20 heavy (non-hydrogen) atoms. The second-order valence-electron chi connectivity index (χ2n) is 4.17. The molecule has 0 aromatic heterocycles. The van der Waals surface area contributed by atoms with Crippen molar-refractivity contribution >= 4 is 11.9 Å². The summed E-state index contributed by atoms with van der Waals surface area (Å²) in [6.07, 6.45) is -9.20. The minimum Gasteiger partial charge on any atom is -0.481 e. The zero-order valence-electron chi connectivity index (χ0n) is 10.6. The third-order valence-electron chi connectivity index (χ3n) is 2.54. The van der Waals surface area contributed by atoms with Gasteiger partial charge < -0.3 is 40.5 Å². The molecule has 118 valence electrons. The maximum Gasteiger partial charge on any atom is 0.333 e. The van der Waals surface area contributed by atoms with E-state index in [0.29, 0.717) is 0 Å². The molecule has 0 radical (unpaired) electrons. The van der Waals surface area contributed by atoms with Crippen molar-refractivity contribution in [3.05, 3.63) is 0 Å². The van der Waals surface area contributed by atoms with E-state index in [1.807, 2.05) is 0 Å². The van der Waals surface area contributed by atoms with Crippen LogP contribution in [-0.2, 0) is 14.3 Å². The Kier molecular flexibility index (Phi) is 6.99. The van der Waals surface area contributed by atoms with Crippen LogP contribution < -0.4 is 0 Å². The Bertz CT molecular complexity index is 343. The molecule has 10 nitrogen and oxygen atoms in total. The van der Waals surface area contributed by atoms with Gasteiger partial charge in [0.2, 0.25) is 5.79 Å². The highest BCUT2D eigenvalue weighted by molar-refractivity contribution is 5.79. The van der Waals surface area contributed by atoms with Gasteiger partial charge >= 0.3 is 11.9 Å². The van der Waals surface area contributed by atoms with Gasteiger partial charge in [-0.25, -0.2) is 4.79 Å². The van der Waals surface area contributed by atoms with Gasteiger partial charge in [0, 0.05) is 0 Å². The SMILES string of the molecule is C[C@H](O)[C@@](O)(OC(CC(=O)O)C(=O)O)[C@H](O)[C@H](O)CO. The number of carboxylic acids is 2. The molecule has 0 aliphatic heterocycles. The number of aliphatic hydroxyl groups is 5. The van der Waals surface area contributed by atoms with Crippen LogP contribution in [0.2, 0.25) is 0 Å². The smallest absolute Gasteiger partial charge is 0.333 e. The summed E-state index contributed by atoms with van der Waals surface area (Å²) in [5, 5.41) is 64.1. The summed E-state index contributed by atoms with van der Waals surface area (Å²) in [5.74, 6) is -6.28. The maximum atomic E-state index is 10.8. The number of hydrogen-bond donors (Lipinski definition) is 7. The Hall–Kier alpha value is -1.30. The number of aliphatic hydroxyl groups excluding tert-OH is 4. The largest absolute Gasteiger partial charge is 0.481 e. The molecule has 0 aliphatic carbocycles. The van der Waals surface area contributed by atoms with Crippen LogP contribution >= 0.6 is 0 Å². The first kappa shape index (κ1) is 18.7. The maximum absolute atomic E-state index is 10.8. The summed E-state index contributed by atoms with van der Waals surface area (Å²) >= 11 is 0. The molecule has 0 saturated carbocycles. The Morgan fingerprint density at radius 3 is 2.00 bits per heavy atom. The van der Waals surface area contributed by atoms with E-state index in [1.165, 1.54) is 0 Å². The quantitative estimate of drug-likeness (QED) is 0.213. The summed E-state index contributed by atoms with van der Waals surface area (Å²) in [6, 6.07) is 0. The van der Waals surface area contributed by atoms with Crippen molar-refractivity contribution in [3.63, 3.8) is 0 Å². The lowest BCUT2D eigenvalue weighted by molar-refractivity contribution is -0.325. The monoisotopic (exact) mass is 298 g/mol. The van der Waals surface area contributed by atoms with Gasteiger partial charge in [-0.3, -0.25) is 4.79 Å². The molecule has 0 spiro atoms. The summed E-state index contributed by atoms with van der Waals surface area (Å²) in [4.78, 5) is 21.3. The lowest BCUT2D eigenvalue weighted by Gasteiger charge is -2.38. The van der Waals surface area contributed by atoms with Crippen molar-refractivity contribution in [1.29, 1.82) is 0 Å². The molecule has 0 bridgehead atoms. The third-order valence-corrected chi connectivity index (χ3v) is 2.54. The van der Waals surface area contributed by atoms with Gasteiger partial charge in [-0.1, -0.05) is 0 Å². The van der Waals surface area contributed by atoms with Gasteiger partial charge in [-0.2, -0.15) is 0 Å². The molecule has 0 rings (SSSR count). The van der Waals surface area contributed by atoms with Crippen molar-refractivity contribution in [3.8, 4) is 0 Å². The fourth-order valence-electron chi connectivity index (χ4n) is 1.36. The van der Waals surface area contributed by atoms with Crippen LogP contribution in [0.4, 0.5) is 0 Å². The number of carbonyl (C=O) groups is 2. The Morgan fingerprint density at radius 1 is 1.20 bits per heavy atom. The van der Waals surface area contributed by atoms with Crippen LogP contribution in [0.3, 0.4) is 0 Å². The van der Waals surface area contributed by atoms with E-state index in [9.17, 15) is 30.0 Å². The fourth-order valence-corrected chi connectivity index (χ4v) is 1.36. The zero-order valence-corrected chi connectivity index (χ0v) is 10.6. The normalized spacial score (nSPS) is 20.5. The summed E-state index contributed by atoms with van der Waals surface area (Å²) in [5.41, 5.74) is 0. The molecule has 0 aromatic carbocycles. The molecule has 0 fully saturated rings. The van der Waals surface area contributed by atoms with Crippen LogP contribution in [0.15, 0.2) is 0 Å². The average Bonchev–Trinajstić information content (AvgIpc) is 2.34. The lowest BCUT2D eigenvalue weighted by Crippen LogP contribution is -2.60. The first-order valence-electron chi connectivity index (χ1n) is 5.56. The standard InChI is InChI=1S/C10H18O10/c1-4(12)10(19,8(16)5(13)3-11)20-6(9(17)18)2-7(14)15/h4-6,8,11-13,16,19H,2-3H2,1H3,(H,14,15)(H,17,18)/t4-,5+,6?,8+,10+/m0/s1. The highest BCUT2D eigenvalue weighted by Crippen LogP contribution is 2.24. The topological polar surface area (TPSA) is 185 Å². The van der Waals surface area contributed by atoms with E-state index < -0.39 is 55.2 Å². The Balaban J connectivity index is 5.25. The number of aliphatic carboxylic acids is 2. The van der Waals surface area contributed by atoms with Crippen molar-refractivity contribution < 1.29 is 50.1 Å². The van der Waals surface area contributed by atoms with Crippen LogP contribution in [0.1, 0.15) is 13.3 Å². The Labute approximate surface area is 113 Å². The molecule has 0 aliphatic rings.